The van der Waals surface area contributed by atoms with Crippen molar-refractivity contribution in [1.29, 1.82) is 0 Å². The van der Waals surface area contributed by atoms with E-state index in [0.717, 1.165) is 0 Å². The maximum atomic E-state index is 11.9. The Morgan fingerprint density at radius 3 is 1.91 bits per heavy atom. The van der Waals surface area contributed by atoms with Gasteiger partial charge in [-0.25, -0.2) is 0 Å². The van der Waals surface area contributed by atoms with E-state index in [1.54, 1.807) is 11.8 Å². The lowest BCUT2D eigenvalue weighted by atomic mass is 9.85. The standard InChI is InChI=1S/C27H38O4SSi/c1-19-20(2)26(32-7)31-24(25(19)30-21(3)28)18-29-33(27(4,5)6,22-14-10-8-11-15-22)23-16-12-9-13-17-23/h8-17,19-20,24-26H,18H2,1-7H3/t19-,20+,24?,25-,26?/m1/s1. The van der Waals surface area contributed by atoms with Crippen LogP contribution < -0.4 is 10.4 Å². The van der Waals surface area contributed by atoms with Crippen LogP contribution in [0.4, 0.5) is 0 Å². The van der Waals surface area contributed by atoms with Gasteiger partial charge in [0.05, 0.1) is 6.61 Å². The average Bonchev–Trinajstić information content (AvgIpc) is 2.79. The molecule has 3 rings (SSSR count). The number of ether oxygens (including phenoxy) is 2. The van der Waals surface area contributed by atoms with Crippen LogP contribution in [0.25, 0.3) is 0 Å². The van der Waals surface area contributed by atoms with E-state index in [1.807, 2.05) is 12.1 Å². The van der Waals surface area contributed by atoms with Gasteiger partial charge < -0.3 is 13.9 Å². The van der Waals surface area contributed by atoms with Crippen molar-refractivity contribution in [2.45, 2.75) is 64.2 Å². The van der Waals surface area contributed by atoms with Crippen LogP contribution in [0.2, 0.25) is 5.04 Å². The molecule has 0 radical (unpaired) electrons. The first-order valence-electron chi connectivity index (χ1n) is 11.7. The summed E-state index contributed by atoms with van der Waals surface area (Å²) in [5, 5.41) is 2.33. The van der Waals surface area contributed by atoms with Crippen LogP contribution in [0, 0.1) is 11.8 Å². The van der Waals surface area contributed by atoms with Crippen molar-refractivity contribution in [3.05, 3.63) is 60.7 Å². The Bertz CT molecular complexity index is 860. The molecule has 1 aliphatic heterocycles. The predicted octanol–water partition coefficient (Wildman–Crippen LogP) is 4.85. The first kappa shape index (κ1) is 26.0. The van der Waals surface area contributed by atoms with Gasteiger partial charge in [-0.1, -0.05) is 95.3 Å². The SMILES string of the molecule is CSC1OC(CO[Si](c2ccccc2)(c2ccccc2)C(C)(C)C)[C@H](OC(C)=O)[C@H](C)[C@@H]1C. The van der Waals surface area contributed by atoms with Crippen LogP contribution in [0.1, 0.15) is 41.5 Å². The molecule has 5 atom stereocenters. The van der Waals surface area contributed by atoms with Crippen molar-refractivity contribution in [3.8, 4) is 0 Å². The van der Waals surface area contributed by atoms with E-state index in [-0.39, 0.29) is 40.5 Å². The van der Waals surface area contributed by atoms with Gasteiger partial charge in [-0.15, -0.1) is 11.8 Å². The lowest BCUT2D eigenvalue weighted by Gasteiger charge is -2.47. The summed E-state index contributed by atoms with van der Waals surface area (Å²) in [5.41, 5.74) is 0.0413. The Morgan fingerprint density at radius 2 is 1.48 bits per heavy atom. The molecule has 1 fully saturated rings. The van der Waals surface area contributed by atoms with E-state index in [2.05, 4.69) is 89.4 Å². The number of esters is 1. The fourth-order valence-electron chi connectivity index (χ4n) is 5.01. The molecule has 1 heterocycles. The molecule has 6 heteroatoms. The second kappa shape index (κ2) is 10.8. The van der Waals surface area contributed by atoms with Crippen LogP contribution in [0.15, 0.2) is 60.7 Å². The minimum atomic E-state index is -2.70. The van der Waals surface area contributed by atoms with Gasteiger partial charge in [0.2, 0.25) is 0 Å². The van der Waals surface area contributed by atoms with E-state index < -0.39 is 8.32 Å². The molecular weight excluding hydrogens is 448 g/mol. The summed E-state index contributed by atoms with van der Waals surface area (Å²) in [5.74, 6) is 0.169. The van der Waals surface area contributed by atoms with E-state index in [0.29, 0.717) is 6.61 Å². The zero-order valence-electron chi connectivity index (χ0n) is 20.9. The van der Waals surface area contributed by atoms with Gasteiger partial charge in [0.25, 0.3) is 8.32 Å². The van der Waals surface area contributed by atoms with Gasteiger partial charge in [-0.2, -0.15) is 0 Å². The monoisotopic (exact) mass is 486 g/mol. The zero-order valence-corrected chi connectivity index (χ0v) is 22.7. The average molecular weight is 487 g/mol. The third-order valence-corrected chi connectivity index (χ3v) is 12.9. The van der Waals surface area contributed by atoms with Crippen LogP contribution in [0.5, 0.6) is 0 Å². The fraction of sp³-hybridized carbons (Fsp3) is 0.519. The van der Waals surface area contributed by atoms with Crippen molar-refractivity contribution in [3.63, 3.8) is 0 Å². The van der Waals surface area contributed by atoms with Crippen molar-refractivity contribution in [2.24, 2.45) is 11.8 Å². The summed E-state index contributed by atoms with van der Waals surface area (Å²) in [6, 6.07) is 21.2. The van der Waals surface area contributed by atoms with Crippen molar-refractivity contribution < 1.29 is 18.7 Å². The Kier molecular flexibility index (Phi) is 8.48. The van der Waals surface area contributed by atoms with Crippen LogP contribution >= 0.6 is 11.8 Å². The highest BCUT2D eigenvalue weighted by atomic mass is 32.2. The molecule has 1 saturated heterocycles. The van der Waals surface area contributed by atoms with Gasteiger partial charge >= 0.3 is 5.97 Å². The molecule has 0 aromatic heterocycles. The second-order valence-electron chi connectivity index (χ2n) is 10.0. The lowest BCUT2D eigenvalue weighted by Crippen LogP contribution is -2.67. The van der Waals surface area contributed by atoms with Crippen LogP contribution in [0.3, 0.4) is 0 Å². The number of carbonyl (C=O) groups is 1. The first-order valence-corrected chi connectivity index (χ1v) is 14.9. The summed E-state index contributed by atoms with van der Waals surface area (Å²) in [6.45, 7) is 13.0. The number of benzene rings is 2. The minimum Gasteiger partial charge on any atom is -0.459 e. The van der Waals surface area contributed by atoms with Gasteiger partial charge in [0, 0.05) is 12.8 Å². The highest BCUT2D eigenvalue weighted by molar-refractivity contribution is 7.99. The first-order chi connectivity index (χ1) is 15.6. The van der Waals surface area contributed by atoms with Crippen molar-refractivity contribution in [1.82, 2.24) is 0 Å². The molecule has 0 spiro atoms. The van der Waals surface area contributed by atoms with Crippen LogP contribution in [-0.4, -0.2) is 44.8 Å². The third kappa shape index (κ3) is 5.40. The largest absolute Gasteiger partial charge is 0.459 e. The maximum Gasteiger partial charge on any atom is 0.303 e. The number of rotatable bonds is 7. The van der Waals surface area contributed by atoms with E-state index in [4.69, 9.17) is 13.9 Å². The van der Waals surface area contributed by atoms with E-state index >= 15 is 0 Å². The molecule has 1 aliphatic rings. The molecule has 33 heavy (non-hydrogen) atoms. The molecule has 180 valence electrons. The fourth-order valence-corrected chi connectivity index (χ4v) is 10.5. The number of hydrogen-bond acceptors (Lipinski definition) is 5. The highest BCUT2D eigenvalue weighted by Crippen LogP contribution is 2.40. The molecule has 0 saturated carbocycles. The quantitative estimate of drug-likeness (QED) is 0.413. The molecule has 2 unspecified atom stereocenters. The molecule has 2 aromatic carbocycles. The summed E-state index contributed by atoms with van der Waals surface area (Å²) in [7, 11) is -2.70. The topological polar surface area (TPSA) is 44.8 Å². The molecule has 4 nitrogen and oxygen atoms in total. The van der Waals surface area contributed by atoms with E-state index in [9.17, 15) is 4.79 Å². The van der Waals surface area contributed by atoms with Gasteiger partial charge in [0.15, 0.2) is 0 Å². The van der Waals surface area contributed by atoms with Gasteiger partial charge in [0.1, 0.15) is 17.6 Å². The highest BCUT2D eigenvalue weighted by Gasteiger charge is 2.52. The summed E-state index contributed by atoms with van der Waals surface area (Å²) in [4.78, 5) is 11.9. The molecule has 2 aromatic rings. The maximum absolute atomic E-state index is 11.9. The van der Waals surface area contributed by atoms with Crippen molar-refractivity contribution in [2.75, 3.05) is 12.9 Å². The smallest absolute Gasteiger partial charge is 0.303 e. The molecule has 0 amide bonds. The summed E-state index contributed by atoms with van der Waals surface area (Å²) < 4.78 is 19.4. The molecular formula is C27H38O4SSi. The third-order valence-electron chi connectivity index (χ3n) is 6.87. The van der Waals surface area contributed by atoms with Gasteiger partial charge in [-0.3, -0.25) is 4.79 Å². The summed E-state index contributed by atoms with van der Waals surface area (Å²) in [6.07, 6.45) is 1.42. The van der Waals surface area contributed by atoms with Crippen LogP contribution in [-0.2, 0) is 18.7 Å². The lowest BCUT2D eigenvalue weighted by molar-refractivity contribution is -0.185. The second-order valence-corrected chi connectivity index (χ2v) is 15.3. The Hall–Kier alpha value is -1.60. The Balaban J connectivity index is 2.03. The molecule has 0 N–H and O–H groups in total. The van der Waals surface area contributed by atoms with E-state index in [1.165, 1.54) is 17.3 Å². The molecule has 0 bridgehead atoms. The zero-order chi connectivity index (χ0) is 24.2. The van der Waals surface area contributed by atoms with Crippen molar-refractivity contribution >= 4 is 36.4 Å². The number of carbonyl (C=O) groups excluding carboxylic acids is 1. The van der Waals surface area contributed by atoms with Gasteiger partial charge in [-0.05, 0) is 27.6 Å². The number of thioether (sulfide) groups is 1. The predicted molar refractivity (Wildman–Crippen MR) is 140 cm³/mol. The number of hydrogen-bond donors (Lipinski definition) is 0. The Labute approximate surface area is 204 Å². The summed E-state index contributed by atoms with van der Waals surface area (Å²) >= 11 is 1.71. The molecule has 0 aliphatic carbocycles. The minimum absolute atomic E-state index is 0.0413. The Morgan fingerprint density at radius 1 is 0.970 bits per heavy atom. The normalized spacial score (nSPS) is 26.1.